The number of hydrogen-bond acceptors (Lipinski definition) is 4. The number of hydrogen-bond donors (Lipinski definition) is 2. The Morgan fingerprint density at radius 1 is 1.50 bits per heavy atom. The minimum absolute atomic E-state index is 0.209. The Morgan fingerprint density at radius 2 is 2.12 bits per heavy atom. The molecule has 6 nitrogen and oxygen atoms in total. The van der Waals surface area contributed by atoms with Crippen molar-refractivity contribution in [3.63, 3.8) is 0 Å². The molecular weight excluding hydrogens is 210 g/mol. The van der Waals surface area contributed by atoms with Crippen molar-refractivity contribution in [3.8, 4) is 0 Å². The number of carbonyl (C=O) groups is 2. The Balaban J connectivity index is 2.64. The van der Waals surface area contributed by atoms with Gasteiger partial charge >= 0.3 is 6.09 Å². The van der Waals surface area contributed by atoms with Crippen LogP contribution in [0.2, 0.25) is 0 Å². The fourth-order valence-electron chi connectivity index (χ4n) is 1.79. The van der Waals surface area contributed by atoms with E-state index in [-0.39, 0.29) is 11.9 Å². The van der Waals surface area contributed by atoms with Crippen molar-refractivity contribution < 1.29 is 14.3 Å². The average molecular weight is 229 g/mol. The lowest BCUT2D eigenvalue weighted by Gasteiger charge is -2.36. The van der Waals surface area contributed by atoms with Gasteiger partial charge < -0.3 is 20.7 Å². The summed E-state index contributed by atoms with van der Waals surface area (Å²) in [6, 6.07) is 0.252. The molecule has 1 atom stereocenters. The Labute approximate surface area is 95.1 Å². The third kappa shape index (κ3) is 3.10. The fraction of sp³-hybridized carbons (Fsp3) is 0.800. The van der Waals surface area contributed by atoms with E-state index >= 15 is 0 Å². The topological polar surface area (TPSA) is 84.7 Å². The van der Waals surface area contributed by atoms with Gasteiger partial charge in [-0.15, -0.1) is 0 Å². The van der Waals surface area contributed by atoms with Crippen LogP contribution in [-0.2, 0) is 9.53 Å². The second-order valence-electron chi connectivity index (χ2n) is 4.54. The summed E-state index contributed by atoms with van der Waals surface area (Å²) in [5.74, 6) is -0.209. The molecule has 0 unspecified atom stereocenters. The van der Waals surface area contributed by atoms with Crippen LogP contribution in [0.15, 0.2) is 0 Å². The van der Waals surface area contributed by atoms with Gasteiger partial charge in [0, 0.05) is 25.7 Å². The lowest BCUT2D eigenvalue weighted by molar-refractivity contribution is -0.149. The van der Waals surface area contributed by atoms with Gasteiger partial charge in [-0.2, -0.15) is 0 Å². The molecule has 0 aromatic carbocycles. The number of nitrogens with zero attached hydrogens (tertiary/aromatic N) is 1. The molecule has 1 heterocycles. The average Bonchev–Trinajstić information content (AvgIpc) is 2.14. The molecule has 16 heavy (non-hydrogen) atoms. The number of ether oxygens (including phenoxy) is 1. The maximum absolute atomic E-state index is 12.1. The van der Waals surface area contributed by atoms with Gasteiger partial charge in [0.2, 0.25) is 0 Å². The molecule has 1 aliphatic heterocycles. The summed E-state index contributed by atoms with van der Waals surface area (Å²) in [6.07, 6.45) is -0.929. The van der Waals surface area contributed by atoms with E-state index in [1.165, 1.54) is 0 Å². The zero-order chi connectivity index (χ0) is 12.3. The van der Waals surface area contributed by atoms with Gasteiger partial charge in [0.15, 0.2) is 5.60 Å². The normalized spacial score (nSPS) is 21.7. The summed E-state index contributed by atoms with van der Waals surface area (Å²) in [7, 11) is 0. The van der Waals surface area contributed by atoms with Crippen LogP contribution in [-0.4, -0.2) is 48.2 Å². The van der Waals surface area contributed by atoms with E-state index < -0.39 is 11.7 Å². The molecule has 0 spiro atoms. The van der Waals surface area contributed by atoms with Gasteiger partial charge in [0.25, 0.3) is 5.91 Å². The molecule has 6 heteroatoms. The molecule has 1 fully saturated rings. The number of primary amides is 1. The number of piperazine rings is 1. The lowest BCUT2D eigenvalue weighted by atomic mass is 10.1. The van der Waals surface area contributed by atoms with Crippen molar-refractivity contribution in [2.75, 3.05) is 19.6 Å². The highest BCUT2D eigenvalue weighted by Gasteiger charge is 2.36. The smallest absolute Gasteiger partial charge is 0.405 e. The first-order chi connectivity index (χ1) is 7.33. The molecule has 0 aromatic heterocycles. The molecule has 1 rings (SSSR count). The van der Waals surface area contributed by atoms with E-state index in [1.807, 2.05) is 6.92 Å². The summed E-state index contributed by atoms with van der Waals surface area (Å²) in [5.41, 5.74) is 3.74. The monoisotopic (exact) mass is 229 g/mol. The van der Waals surface area contributed by atoms with E-state index in [0.717, 1.165) is 6.54 Å². The summed E-state index contributed by atoms with van der Waals surface area (Å²) in [4.78, 5) is 24.4. The molecule has 92 valence electrons. The minimum atomic E-state index is -1.19. The Kier molecular flexibility index (Phi) is 3.74. The third-order valence-electron chi connectivity index (χ3n) is 2.53. The fourth-order valence-corrected chi connectivity index (χ4v) is 1.79. The van der Waals surface area contributed by atoms with Gasteiger partial charge in [-0.25, -0.2) is 4.79 Å². The number of nitrogens with two attached hydrogens (primary N) is 1. The van der Waals surface area contributed by atoms with E-state index in [1.54, 1.807) is 18.7 Å². The van der Waals surface area contributed by atoms with Crippen molar-refractivity contribution in [2.45, 2.75) is 32.4 Å². The van der Waals surface area contributed by atoms with Crippen LogP contribution in [0.25, 0.3) is 0 Å². The standard InChI is InChI=1S/C10H19N3O3/c1-7-6-13(5-4-12-7)8(14)10(2,3)16-9(11)15/h7,12H,4-6H2,1-3H3,(H2,11,15)/t7-/m0/s1. The predicted molar refractivity (Wildman–Crippen MR) is 58.8 cm³/mol. The molecule has 0 saturated carbocycles. The number of nitrogens with one attached hydrogen (secondary N) is 1. The van der Waals surface area contributed by atoms with E-state index in [2.05, 4.69) is 5.32 Å². The van der Waals surface area contributed by atoms with Crippen LogP contribution in [0.4, 0.5) is 4.79 Å². The molecule has 3 N–H and O–H groups in total. The minimum Gasteiger partial charge on any atom is -0.434 e. The predicted octanol–water partition coefficient (Wildman–Crippen LogP) is -0.319. The van der Waals surface area contributed by atoms with Gasteiger partial charge in [-0.1, -0.05) is 0 Å². The Bertz CT molecular complexity index is 291. The molecule has 0 aromatic rings. The second kappa shape index (κ2) is 4.69. The van der Waals surface area contributed by atoms with Crippen LogP contribution in [0.3, 0.4) is 0 Å². The van der Waals surface area contributed by atoms with Gasteiger partial charge in [-0.05, 0) is 20.8 Å². The molecule has 0 bridgehead atoms. The van der Waals surface area contributed by atoms with Crippen LogP contribution in [0, 0.1) is 0 Å². The summed E-state index contributed by atoms with van der Waals surface area (Å²) < 4.78 is 4.82. The first kappa shape index (κ1) is 12.8. The van der Waals surface area contributed by atoms with E-state index in [0.29, 0.717) is 13.1 Å². The maximum atomic E-state index is 12.1. The highest BCUT2D eigenvalue weighted by Crippen LogP contribution is 2.15. The van der Waals surface area contributed by atoms with Crippen molar-refractivity contribution >= 4 is 12.0 Å². The second-order valence-corrected chi connectivity index (χ2v) is 4.54. The van der Waals surface area contributed by atoms with Crippen LogP contribution >= 0.6 is 0 Å². The van der Waals surface area contributed by atoms with Crippen molar-refractivity contribution in [1.29, 1.82) is 0 Å². The first-order valence-corrected chi connectivity index (χ1v) is 5.34. The molecule has 0 aliphatic carbocycles. The summed E-state index contributed by atoms with van der Waals surface area (Å²) in [6.45, 7) is 7.08. The summed E-state index contributed by atoms with van der Waals surface area (Å²) in [5, 5.41) is 3.23. The lowest BCUT2D eigenvalue weighted by Crippen LogP contribution is -2.57. The molecule has 1 saturated heterocycles. The van der Waals surface area contributed by atoms with Crippen LogP contribution < -0.4 is 11.1 Å². The number of carbonyl (C=O) groups excluding carboxylic acids is 2. The van der Waals surface area contributed by atoms with Crippen LogP contribution in [0.1, 0.15) is 20.8 Å². The van der Waals surface area contributed by atoms with Crippen molar-refractivity contribution in [1.82, 2.24) is 10.2 Å². The zero-order valence-electron chi connectivity index (χ0n) is 9.95. The first-order valence-electron chi connectivity index (χ1n) is 5.34. The molecule has 2 amide bonds. The SMILES string of the molecule is C[C@H]1CN(C(=O)C(C)(C)OC(N)=O)CCN1. The van der Waals surface area contributed by atoms with Gasteiger partial charge in [0.1, 0.15) is 0 Å². The highest BCUT2D eigenvalue weighted by molar-refractivity contribution is 5.86. The van der Waals surface area contributed by atoms with Crippen molar-refractivity contribution in [3.05, 3.63) is 0 Å². The van der Waals surface area contributed by atoms with Crippen LogP contribution in [0.5, 0.6) is 0 Å². The Morgan fingerprint density at radius 3 is 2.62 bits per heavy atom. The van der Waals surface area contributed by atoms with Gasteiger partial charge in [-0.3, -0.25) is 4.79 Å². The summed E-state index contributed by atoms with van der Waals surface area (Å²) >= 11 is 0. The molecular formula is C10H19N3O3. The zero-order valence-corrected chi connectivity index (χ0v) is 9.95. The van der Waals surface area contributed by atoms with Gasteiger partial charge in [0.05, 0.1) is 0 Å². The van der Waals surface area contributed by atoms with E-state index in [4.69, 9.17) is 10.5 Å². The quantitative estimate of drug-likeness (QED) is 0.679. The Hall–Kier alpha value is -1.30. The number of amides is 2. The van der Waals surface area contributed by atoms with Crippen molar-refractivity contribution in [2.24, 2.45) is 5.73 Å². The maximum Gasteiger partial charge on any atom is 0.405 e. The largest absolute Gasteiger partial charge is 0.434 e. The highest BCUT2D eigenvalue weighted by atomic mass is 16.6. The third-order valence-corrected chi connectivity index (χ3v) is 2.53. The number of rotatable bonds is 2. The molecule has 0 radical (unpaired) electrons. The molecule has 1 aliphatic rings. The van der Waals surface area contributed by atoms with E-state index in [9.17, 15) is 9.59 Å².